The van der Waals surface area contributed by atoms with Crippen LogP contribution in [-0.4, -0.2) is 49.7 Å². The van der Waals surface area contributed by atoms with Gasteiger partial charge in [-0.15, -0.1) is 0 Å². The number of amides is 1. The molecule has 0 bridgehead atoms. The van der Waals surface area contributed by atoms with Crippen LogP contribution in [0.1, 0.15) is 49.3 Å². The van der Waals surface area contributed by atoms with E-state index in [1.807, 2.05) is 0 Å². The van der Waals surface area contributed by atoms with E-state index in [9.17, 15) is 13.2 Å². The van der Waals surface area contributed by atoms with E-state index in [0.29, 0.717) is 37.8 Å². The number of hydrogen-bond acceptors (Lipinski definition) is 4. The first kappa shape index (κ1) is 21.0. The lowest BCUT2D eigenvalue weighted by Gasteiger charge is -2.34. The van der Waals surface area contributed by atoms with E-state index in [4.69, 9.17) is 0 Å². The number of anilines is 1. The van der Waals surface area contributed by atoms with Gasteiger partial charge in [-0.1, -0.05) is 38.1 Å². The lowest BCUT2D eigenvalue weighted by Crippen LogP contribution is -2.48. The summed E-state index contributed by atoms with van der Waals surface area (Å²) in [5, 5.41) is 2.79. The summed E-state index contributed by atoms with van der Waals surface area (Å²) >= 11 is 0. The number of carbonyl (C=O) groups is 1. The Kier molecular flexibility index (Phi) is 5.70. The van der Waals surface area contributed by atoms with Crippen LogP contribution >= 0.6 is 0 Å². The molecule has 1 N–H and O–H groups in total. The summed E-state index contributed by atoms with van der Waals surface area (Å²) in [6, 6.07) is 13.6. The molecule has 4 rings (SSSR count). The van der Waals surface area contributed by atoms with Crippen molar-refractivity contribution in [1.82, 2.24) is 9.21 Å². The molecule has 7 heteroatoms. The van der Waals surface area contributed by atoms with Crippen LogP contribution in [-0.2, 0) is 21.4 Å². The van der Waals surface area contributed by atoms with Crippen molar-refractivity contribution in [1.29, 1.82) is 0 Å². The second-order valence-corrected chi connectivity index (χ2v) is 10.5. The van der Waals surface area contributed by atoms with Gasteiger partial charge in [-0.05, 0) is 47.7 Å². The van der Waals surface area contributed by atoms with Crippen molar-refractivity contribution in [2.24, 2.45) is 0 Å². The summed E-state index contributed by atoms with van der Waals surface area (Å²) in [6.07, 6.45) is 0. The van der Waals surface area contributed by atoms with Crippen LogP contribution in [0.15, 0.2) is 47.4 Å². The molecule has 160 valence electrons. The average molecular weight is 428 g/mol. The highest BCUT2D eigenvalue weighted by Gasteiger charge is 2.32. The molecule has 2 aliphatic rings. The summed E-state index contributed by atoms with van der Waals surface area (Å²) in [4.78, 5) is 14.4. The standard InChI is InChI=1S/C23H29N3O3S/c1-16(2)19-6-4-18(5-7-19)15-25-10-12-26(13-11-25)30(28,29)20-8-9-22-21(14-20)17(3)23(27)24-22/h4-9,14,16-17H,10-13,15H2,1-3H3,(H,24,27)/t17-/m1/s1. The van der Waals surface area contributed by atoms with E-state index in [2.05, 4.69) is 48.3 Å². The Labute approximate surface area is 178 Å². The van der Waals surface area contributed by atoms with Crippen molar-refractivity contribution < 1.29 is 13.2 Å². The second kappa shape index (κ2) is 8.13. The maximum Gasteiger partial charge on any atom is 0.243 e. The third-order valence-electron chi connectivity index (χ3n) is 6.16. The number of hydrogen-bond donors (Lipinski definition) is 1. The lowest BCUT2D eigenvalue weighted by atomic mass is 10.0. The largest absolute Gasteiger partial charge is 0.325 e. The molecule has 0 saturated carbocycles. The Morgan fingerprint density at radius 3 is 2.33 bits per heavy atom. The van der Waals surface area contributed by atoms with Gasteiger partial charge in [0.05, 0.1) is 10.8 Å². The average Bonchev–Trinajstić information content (AvgIpc) is 3.02. The number of nitrogens with zero attached hydrogens (tertiary/aromatic N) is 2. The van der Waals surface area contributed by atoms with Crippen molar-refractivity contribution in [3.63, 3.8) is 0 Å². The zero-order valence-electron chi connectivity index (χ0n) is 17.8. The third-order valence-corrected chi connectivity index (χ3v) is 8.06. The number of nitrogens with one attached hydrogen (secondary N) is 1. The minimum atomic E-state index is -3.57. The first-order chi connectivity index (χ1) is 14.3. The molecule has 2 aromatic carbocycles. The van der Waals surface area contributed by atoms with Gasteiger partial charge in [0.15, 0.2) is 0 Å². The fourth-order valence-electron chi connectivity index (χ4n) is 4.10. The van der Waals surface area contributed by atoms with Gasteiger partial charge in [-0.25, -0.2) is 8.42 Å². The van der Waals surface area contributed by atoms with Crippen LogP contribution < -0.4 is 5.32 Å². The summed E-state index contributed by atoms with van der Waals surface area (Å²) < 4.78 is 27.8. The summed E-state index contributed by atoms with van der Waals surface area (Å²) in [6.45, 7) is 9.33. The zero-order valence-corrected chi connectivity index (χ0v) is 18.6. The van der Waals surface area contributed by atoms with Gasteiger partial charge < -0.3 is 5.32 Å². The summed E-state index contributed by atoms with van der Waals surface area (Å²) in [5.74, 6) is 0.104. The van der Waals surface area contributed by atoms with Crippen LogP contribution in [0.3, 0.4) is 0 Å². The SMILES string of the molecule is CC(C)c1ccc(CN2CCN(S(=O)(=O)c3ccc4c(c3)[C@@H](C)C(=O)N4)CC2)cc1. The van der Waals surface area contributed by atoms with E-state index in [1.165, 1.54) is 11.1 Å². The van der Waals surface area contributed by atoms with E-state index < -0.39 is 10.0 Å². The highest BCUT2D eigenvalue weighted by Crippen LogP contribution is 2.34. The number of rotatable bonds is 5. The van der Waals surface area contributed by atoms with E-state index >= 15 is 0 Å². The predicted octanol–water partition coefficient (Wildman–Crippen LogP) is 3.37. The van der Waals surface area contributed by atoms with Crippen molar-refractivity contribution >= 4 is 21.6 Å². The normalized spacial score (nSPS) is 20.4. The van der Waals surface area contributed by atoms with Crippen molar-refractivity contribution in [2.45, 2.75) is 44.0 Å². The van der Waals surface area contributed by atoms with Gasteiger partial charge in [-0.2, -0.15) is 4.31 Å². The summed E-state index contributed by atoms with van der Waals surface area (Å²) in [5.41, 5.74) is 4.04. The van der Waals surface area contributed by atoms with Crippen molar-refractivity contribution in [2.75, 3.05) is 31.5 Å². The zero-order chi connectivity index (χ0) is 21.5. The molecule has 2 aromatic rings. The molecular formula is C23H29N3O3S. The van der Waals surface area contributed by atoms with Gasteiger partial charge in [-0.3, -0.25) is 9.69 Å². The molecule has 1 amide bonds. The van der Waals surface area contributed by atoms with Crippen LogP contribution in [0.4, 0.5) is 5.69 Å². The molecule has 1 atom stereocenters. The first-order valence-electron chi connectivity index (χ1n) is 10.5. The fourth-order valence-corrected chi connectivity index (χ4v) is 5.56. The second-order valence-electron chi connectivity index (χ2n) is 8.54. The summed E-state index contributed by atoms with van der Waals surface area (Å²) in [7, 11) is -3.57. The highest BCUT2D eigenvalue weighted by molar-refractivity contribution is 7.89. The van der Waals surface area contributed by atoms with Crippen LogP contribution in [0.25, 0.3) is 0 Å². The number of piperazine rings is 1. The van der Waals surface area contributed by atoms with Gasteiger partial charge in [0, 0.05) is 38.4 Å². The lowest BCUT2D eigenvalue weighted by molar-refractivity contribution is -0.116. The molecule has 0 unspecified atom stereocenters. The smallest absolute Gasteiger partial charge is 0.243 e. The molecule has 30 heavy (non-hydrogen) atoms. The highest BCUT2D eigenvalue weighted by atomic mass is 32.2. The number of fused-ring (bicyclic) bond motifs is 1. The monoisotopic (exact) mass is 427 g/mol. The molecule has 1 fully saturated rings. The quantitative estimate of drug-likeness (QED) is 0.794. The molecule has 0 aromatic heterocycles. The first-order valence-corrected chi connectivity index (χ1v) is 12.0. The predicted molar refractivity (Wildman–Crippen MR) is 118 cm³/mol. The molecule has 0 aliphatic carbocycles. The fraction of sp³-hybridized carbons (Fsp3) is 0.435. The van der Waals surface area contributed by atoms with Gasteiger partial charge in [0.2, 0.25) is 15.9 Å². The Bertz CT molecular complexity index is 1040. The maximum atomic E-state index is 13.1. The van der Waals surface area contributed by atoms with Crippen LogP contribution in [0.5, 0.6) is 0 Å². The minimum Gasteiger partial charge on any atom is -0.325 e. The Morgan fingerprint density at radius 1 is 1.03 bits per heavy atom. The third kappa shape index (κ3) is 4.02. The molecule has 2 aliphatic heterocycles. The molecule has 1 saturated heterocycles. The van der Waals surface area contributed by atoms with Crippen LogP contribution in [0.2, 0.25) is 0 Å². The molecule has 0 spiro atoms. The van der Waals surface area contributed by atoms with E-state index in [-0.39, 0.29) is 16.7 Å². The molecular weight excluding hydrogens is 398 g/mol. The Hall–Kier alpha value is -2.22. The van der Waals surface area contributed by atoms with Gasteiger partial charge in [0.25, 0.3) is 0 Å². The van der Waals surface area contributed by atoms with Gasteiger partial charge in [0.1, 0.15) is 0 Å². The van der Waals surface area contributed by atoms with E-state index in [1.54, 1.807) is 29.4 Å². The van der Waals surface area contributed by atoms with Crippen molar-refractivity contribution in [3.05, 3.63) is 59.2 Å². The Balaban J connectivity index is 1.40. The van der Waals surface area contributed by atoms with Crippen LogP contribution in [0, 0.1) is 0 Å². The van der Waals surface area contributed by atoms with Crippen molar-refractivity contribution in [3.8, 4) is 0 Å². The molecule has 0 radical (unpaired) electrons. The molecule has 2 heterocycles. The van der Waals surface area contributed by atoms with E-state index in [0.717, 1.165) is 12.1 Å². The Morgan fingerprint density at radius 2 is 1.70 bits per heavy atom. The number of sulfonamides is 1. The number of benzene rings is 2. The molecule has 6 nitrogen and oxygen atoms in total. The topological polar surface area (TPSA) is 69.7 Å². The maximum absolute atomic E-state index is 13.1. The minimum absolute atomic E-state index is 0.0883. The van der Waals surface area contributed by atoms with Gasteiger partial charge >= 0.3 is 0 Å². The number of carbonyl (C=O) groups excluding carboxylic acids is 1.